The number of aromatic nitrogens is 2. The summed E-state index contributed by atoms with van der Waals surface area (Å²) in [6, 6.07) is 15.4. The van der Waals surface area contributed by atoms with Crippen LogP contribution in [0.1, 0.15) is 15.9 Å². The molecule has 0 radical (unpaired) electrons. The summed E-state index contributed by atoms with van der Waals surface area (Å²) in [6.45, 7) is 3.28. The monoisotopic (exact) mass is 406 g/mol. The zero-order chi connectivity index (χ0) is 19.9. The van der Waals surface area contributed by atoms with Gasteiger partial charge in [0.15, 0.2) is 0 Å². The number of benzene rings is 1. The molecule has 1 fully saturated rings. The summed E-state index contributed by atoms with van der Waals surface area (Å²) < 4.78 is 5.40. The lowest BCUT2D eigenvalue weighted by atomic mass is 10.2. The Morgan fingerprint density at radius 2 is 1.79 bits per heavy atom. The first-order valence-electron chi connectivity index (χ1n) is 9.50. The third-order valence-corrected chi connectivity index (χ3v) is 5.72. The maximum absolute atomic E-state index is 12.8. The third-order valence-electron chi connectivity index (χ3n) is 4.64. The highest BCUT2D eigenvalue weighted by atomic mass is 32.2. The van der Waals surface area contributed by atoms with Crippen molar-refractivity contribution in [1.82, 2.24) is 9.97 Å². The molecule has 0 aliphatic carbocycles. The van der Waals surface area contributed by atoms with Gasteiger partial charge in [-0.2, -0.15) is 0 Å². The largest absolute Gasteiger partial charge is 0.378 e. The van der Waals surface area contributed by atoms with Gasteiger partial charge in [-0.05, 0) is 54.1 Å². The van der Waals surface area contributed by atoms with E-state index in [9.17, 15) is 4.79 Å². The van der Waals surface area contributed by atoms with Crippen LogP contribution in [0, 0.1) is 0 Å². The van der Waals surface area contributed by atoms with Gasteiger partial charge < -0.3 is 15.0 Å². The van der Waals surface area contributed by atoms with Gasteiger partial charge in [-0.25, -0.2) is 4.98 Å². The van der Waals surface area contributed by atoms with Crippen LogP contribution in [0.2, 0.25) is 0 Å². The van der Waals surface area contributed by atoms with Gasteiger partial charge in [0, 0.05) is 48.8 Å². The van der Waals surface area contributed by atoms with Crippen LogP contribution in [0.5, 0.6) is 0 Å². The Morgan fingerprint density at radius 1 is 1.03 bits per heavy atom. The first kappa shape index (κ1) is 19.4. The van der Waals surface area contributed by atoms with E-state index in [1.165, 1.54) is 0 Å². The van der Waals surface area contributed by atoms with Crippen molar-refractivity contribution in [1.29, 1.82) is 0 Å². The molecule has 0 unspecified atom stereocenters. The van der Waals surface area contributed by atoms with Crippen molar-refractivity contribution >= 4 is 29.0 Å². The molecule has 7 heteroatoms. The quantitative estimate of drug-likeness (QED) is 0.627. The van der Waals surface area contributed by atoms with E-state index < -0.39 is 0 Å². The second-order valence-corrected chi connectivity index (χ2v) is 7.56. The molecule has 6 nitrogen and oxygen atoms in total. The van der Waals surface area contributed by atoms with Crippen molar-refractivity contribution in [3.63, 3.8) is 0 Å². The minimum Gasteiger partial charge on any atom is -0.378 e. The normalized spacial score (nSPS) is 13.9. The Kier molecular flexibility index (Phi) is 6.38. The number of morpholine rings is 1. The molecular weight excluding hydrogens is 384 g/mol. The molecule has 0 saturated carbocycles. The number of anilines is 2. The summed E-state index contributed by atoms with van der Waals surface area (Å²) in [5, 5.41) is 3.70. The van der Waals surface area contributed by atoms with Crippen molar-refractivity contribution < 1.29 is 9.53 Å². The van der Waals surface area contributed by atoms with E-state index in [0.717, 1.165) is 49.0 Å². The van der Waals surface area contributed by atoms with E-state index in [1.807, 2.05) is 36.4 Å². The molecule has 3 aromatic rings. The summed E-state index contributed by atoms with van der Waals surface area (Å²) >= 11 is 1.54. The van der Waals surface area contributed by atoms with Crippen molar-refractivity contribution in [3.05, 3.63) is 78.2 Å². The molecule has 0 bridgehead atoms. The Hall–Kier alpha value is -2.90. The standard InChI is InChI=1S/C22H22N4O2S/c27-21(25-18-3-5-19(6-4-18)26-12-14-28-15-13-26)20-2-1-9-24-22(20)29-16-17-7-10-23-11-8-17/h1-11H,12-16H2,(H,25,27). The lowest BCUT2D eigenvalue weighted by Crippen LogP contribution is -2.36. The molecule has 3 heterocycles. The number of thioether (sulfide) groups is 1. The molecule has 1 saturated heterocycles. The highest BCUT2D eigenvalue weighted by Crippen LogP contribution is 2.25. The van der Waals surface area contributed by atoms with Crippen LogP contribution >= 0.6 is 11.8 Å². The summed E-state index contributed by atoms with van der Waals surface area (Å²) in [5.41, 5.74) is 3.62. The lowest BCUT2D eigenvalue weighted by Gasteiger charge is -2.28. The molecular formula is C22H22N4O2S. The fourth-order valence-corrected chi connectivity index (χ4v) is 4.03. The highest BCUT2D eigenvalue weighted by molar-refractivity contribution is 7.98. The van der Waals surface area contributed by atoms with Crippen LogP contribution in [0.15, 0.2) is 72.1 Å². The zero-order valence-electron chi connectivity index (χ0n) is 16.0. The molecule has 1 aromatic carbocycles. The van der Waals surface area contributed by atoms with Crippen molar-refractivity contribution in [3.8, 4) is 0 Å². The van der Waals surface area contributed by atoms with Crippen molar-refractivity contribution in [2.45, 2.75) is 10.8 Å². The van der Waals surface area contributed by atoms with E-state index >= 15 is 0 Å². The number of rotatable bonds is 6. The number of carbonyl (C=O) groups excluding carboxylic acids is 1. The molecule has 1 aliphatic rings. The molecule has 0 spiro atoms. The summed E-state index contributed by atoms with van der Waals surface area (Å²) in [5.74, 6) is 0.572. The SMILES string of the molecule is O=C(Nc1ccc(N2CCOCC2)cc1)c1cccnc1SCc1ccncc1. The zero-order valence-corrected chi connectivity index (χ0v) is 16.8. The highest BCUT2D eigenvalue weighted by Gasteiger charge is 2.14. The fourth-order valence-electron chi connectivity index (χ4n) is 3.08. The van der Waals surface area contributed by atoms with Gasteiger partial charge in [-0.3, -0.25) is 9.78 Å². The number of amides is 1. The van der Waals surface area contributed by atoms with Gasteiger partial charge in [0.2, 0.25) is 0 Å². The number of nitrogens with zero attached hydrogens (tertiary/aromatic N) is 3. The molecule has 29 heavy (non-hydrogen) atoms. The predicted molar refractivity (Wildman–Crippen MR) is 115 cm³/mol. The number of carbonyl (C=O) groups is 1. The minimum atomic E-state index is -0.158. The minimum absolute atomic E-state index is 0.158. The Labute approximate surface area is 174 Å². The first-order valence-corrected chi connectivity index (χ1v) is 10.5. The first-order chi connectivity index (χ1) is 14.3. The second-order valence-electron chi connectivity index (χ2n) is 6.60. The van der Waals surface area contributed by atoms with E-state index in [1.54, 1.807) is 42.5 Å². The average molecular weight is 407 g/mol. The van der Waals surface area contributed by atoms with Crippen LogP contribution in [-0.2, 0) is 10.5 Å². The molecule has 0 atom stereocenters. The molecule has 1 aliphatic heterocycles. The molecule has 148 valence electrons. The maximum Gasteiger partial charge on any atom is 0.258 e. The molecule has 1 amide bonds. The van der Waals surface area contributed by atoms with Crippen LogP contribution in [0.3, 0.4) is 0 Å². The Morgan fingerprint density at radius 3 is 2.55 bits per heavy atom. The van der Waals surface area contributed by atoms with Gasteiger partial charge in [0.05, 0.1) is 18.8 Å². The number of hydrogen-bond acceptors (Lipinski definition) is 6. The maximum atomic E-state index is 12.8. The van der Waals surface area contributed by atoms with Gasteiger partial charge in [-0.15, -0.1) is 11.8 Å². The number of hydrogen-bond donors (Lipinski definition) is 1. The van der Waals surface area contributed by atoms with Crippen LogP contribution in [0.4, 0.5) is 11.4 Å². The summed E-state index contributed by atoms with van der Waals surface area (Å²) in [7, 11) is 0. The van der Waals surface area contributed by atoms with Gasteiger partial charge in [-0.1, -0.05) is 0 Å². The lowest BCUT2D eigenvalue weighted by molar-refractivity contribution is 0.102. The topological polar surface area (TPSA) is 67.4 Å². The van der Waals surface area contributed by atoms with Crippen LogP contribution in [0.25, 0.3) is 0 Å². The predicted octanol–water partition coefficient (Wildman–Crippen LogP) is 3.86. The smallest absolute Gasteiger partial charge is 0.258 e. The van der Waals surface area contributed by atoms with E-state index in [-0.39, 0.29) is 5.91 Å². The van der Waals surface area contributed by atoms with Crippen molar-refractivity contribution in [2.24, 2.45) is 0 Å². The second kappa shape index (κ2) is 9.54. The van der Waals surface area contributed by atoms with E-state index in [4.69, 9.17) is 4.74 Å². The van der Waals surface area contributed by atoms with Gasteiger partial charge >= 0.3 is 0 Å². The van der Waals surface area contributed by atoms with Crippen molar-refractivity contribution in [2.75, 3.05) is 36.5 Å². The fraction of sp³-hybridized carbons (Fsp3) is 0.227. The van der Waals surface area contributed by atoms with Gasteiger partial charge in [0.1, 0.15) is 5.03 Å². The number of ether oxygens (including phenoxy) is 1. The average Bonchev–Trinajstić information content (AvgIpc) is 2.80. The Balaban J connectivity index is 1.41. The molecule has 1 N–H and O–H groups in total. The summed E-state index contributed by atoms with van der Waals surface area (Å²) in [6.07, 6.45) is 5.24. The number of nitrogens with one attached hydrogen (secondary N) is 1. The van der Waals surface area contributed by atoms with E-state index in [0.29, 0.717) is 10.6 Å². The molecule has 4 rings (SSSR count). The van der Waals surface area contributed by atoms with Crippen LogP contribution in [-0.4, -0.2) is 42.2 Å². The van der Waals surface area contributed by atoms with Crippen LogP contribution < -0.4 is 10.2 Å². The Bertz CT molecular complexity index is 945. The summed E-state index contributed by atoms with van der Waals surface area (Å²) in [4.78, 5) is 23.5. The van der Waals surface area contributed by atoms with E-state index in [2.05, 4.69) is 20.2 Å². The molecule has 2 aromatic heterocycles. The third kappa shape index (κ3) is 5.13. The van der Waals surface area contributed by atoms with Gasteiger partial charge in [0.25, 0.3) is 5.91 Å². The number of pyridine rings is 2.